The predicted octanol–water partition coefficient (Wildman–Crippen LogP) is 1.44. The Morgan fingerprint density at radius 1 is 1.33 bits per heavy atom. The lowest BCUT2D eigenvalue weighted by atomic mass is 9.60. The van der Waals surface area contributed by atoms with Crippen molar-refractivity contribution in [2.45, 2.75) is 31.8 Å². The van der Waals surface area contributed by atoms with E-state index in [4.69, 9.17) is 15.7 Å². The van der Waals surface area contributed by atoms with Crippen LogP contribution in [-0.4, -0.2) is 42.5 Å². The van der Waals surface area contributed by atoms with Crippen LogP contribution in [0.5, 0.6) is 0 Å². The maximum absolute atomic E-state index is 12.6. The van der Waals surface area contributed by atoms with Gasteiger partial charge in [-0.3, -0.25) is 9.59 Å². The highest BCUT2D eigenvalue weighted by molar-refractivity contribution is 5.94. The van der Waals surface area contributed by atoms with Crippen LogP contribution in [0.1, 0.15) is 41.6 Å². The number of hydrogen-bond acceptors (Lipinski definition) is 4. The van der Waals surface area contributed by atoms with Gasteiger partial charge in [-0.15, -0.1) is 0 Å². The molecule has 1 saturated carbocycles. The Kier molecular flexibility index (Phi) is 4.54. The number of nitriles is 1. The van der Waals surface area contributed by atoms with E-state index in [1.165, 1.54) is 0 Å². The smallest absolute Gasteiger partial charge is 0.253 e. The Labute approximate surface area is 141 Å². The van der Waals surface area contributed by atoms with Crippen LogP contribution in [0.2, 0.25) is 0 Å². The van der Waals surface area contributed by atoms with E-state index in [2.05, 4.69) is 6.07 Å². The van der Waals surface area contributed by atoms with Gasteiger partial charge in [0.2, 0.25) is 5.91 Å². The van der Waals surface area contributed by atoms with Gasteiger partial charge in [-0.2, -0.15) is 5.26 Å². The molecule has 2 N–H and O–H groups in total. The van der Waals surface area contributed by atoms with E-state index < -0.39 is 5.91 Å². The highest BCUT2D eigenvalue weighted by Crippen LogP contribution is 2.50. The zero-order valence-corrected chi connectivity index (χ0v) is 13.5. The van der Waals surface area contributed by atoms with E-state index >= 15 is 0 Å². The molecule has 1 spiro atoms. The lowest BCUT2D eigenvalue weighted by Crippen LogP contribution is -2.54. The van der Waals surface area contributed by atoms with Crippen LogP contribution in [0.25, 0.3) is 0 Å². The molecule has 2 amide bonds. The molecule has 1 aliphatic carbocycles. The molecule has 6 heteroatoms. The summed E-state index contributed by atoms with van der Waals surface area (Å²) in [5, 5.41) is 8.96. The molecule has 126 valence electrons. The summed E-state index contributed by atoms with van der Waals surface area (Å²) in [5.41, 5.74) is 6.28. The number of carbonyl (C=O) groups excluding carboxylic acids is 2. The third-order valence-corrected chi connectivity index (χ3v) is 5.30. The lowest BCUT2D eigenvalue weighted by Gasteiger charge is -2.53. The Morgan fingerprint density at radius 3 is 2.67 bits per heavy atom. The molecule has 1 atom stereocenters. The molecule has 24 heavy (non-hydrogen) atoms. The molecule has 1 heterocycles. The van der Waals surface area contributed by atoms with Crippen LogP contribution in [0, 0.1) is 16.7 Å². The number of likely N-dealkylation sites (tertiary alicyclic amines) is 1. The summed E-state index contributed by atoms with van der Waals surface area (Å²) in [4.78, 5) is 25.3. The van der Waals surface area contributed by atoms with E-state index in [9.17, 15) is 9.59 Å². The van der Waals surface area contributed by atoms with Gasteiger partial charge in [-0.05, 0) is 43.9 Å². The summed E-state index contributed by atoms with van der Waals surface area (Å²) < 4.78 is 5.63. The largest absolute Gasteiger partial charge is 0.368 e. The number of piperidine rings is 1. The SMILES string of the molecule is N#Cc1cccc(C(=O)N2CCC3(CCC3OCC(N)=O)CC2)c1. The van der Waals surface area contributed by atoms with Gasteiger partial charge in [0, 0.05) is 24.1 Å². The maximum atomic E-state index is 12.6. The number of primary amides is 1. The molecule has 2 aliphatic rings. The second-order valence-corrected chi connectivity index (χ2v) is 6.65. The number of carbonyl (C=O) groups is 2. The first-order valence-corrected chi connectivity index (χ1v) is 8.23. The molecule has 1 aromatic rings. The Bertz CT molecular complexity index is 687. The minimum absolute atomic E-state index is 0.0316. The Hall–Kier alpha value is -2.39. The fourth-order valence-corrected chi connectivity index (χ4v) is 3.74. The van der Waals surface area contributed by atoms with Crippen molar-refractivity contribution < 1.29 is 14.3 Å². The summed E-state index contributed by atoms with van der Waals surface area (Å²) in [6.07, 6.45) is 3.85. The second kappa shape index (κ2) is 6.62. The molecule has 0 radical (unpaired) electrons. The predicted molar refractivity (Wildman–Crippen MR) is 86.9 cm³/mol. The number of rotatable bonds is 4. The average molecular weight is 327 g/mol. The van der Waals surface area contributed by atoms with Crippen LogP contribution in [0.15, 0.2) is 24.3 Å². The fraction of sp³-hybridized carbons (Fsp3) is 0.500. The van der Waals surface area contributed by atoms with Crippen LogP contribution in [0.3, 0.4) is 0 Å². The lowest BCUT2D eigenvalue weighted by molar-refractivity contribution is -0.148. The molecule has 2 fully saturated rings. The summed E-state index contributed by atoms with van der Waals surface area (Å²) in [6, 6.07) is 8.86. The quantitative estimate of drug-likeness (QED) is 0.905. The minimum Gasteiger partial charge on any atom is -0.368 e. The van der Waals surface area contributed by atoms with E-state index in [1.807, 2.05) is 4.90 Å². The van der Waals surface area contributed by atoms with Crippen LogP contribution >= 0.6 is 0 Å². The van der Waals surface area contributed by atoms with Gasteiger partial charge < -0.3 is 15.4 Å². The van der Waals surface area contributed by atoms with Gasteiger partial charge in [0.25, 0.3) is 5.91 Å². The molecule has 1 unspecified atom stereocenters. The van der Waals surface area contributed by atoms with Crippen molar-refractivity contribution in [1.82, 2.24) is 4.90 Å². The third-order valence-electron chi connectivity index (χ3n) is 5.30. The topological polar surface area (TPSA) is 96.4 Å². The van der Waals surface area contributed by atoms with Crippen LogP contribution in [-0.2, 0) is 9.53 Å². The number of amides is 2. The van der Waals surface area contributed by atoms with E-state index in [0.29, 0.717) is 24.2 Å². The Morgan fingerprint density at radius 2 is 2.08 bits per heavy atom. The number of benzene rings is 1. The van der Waals surface area contributed by atoms with Crippen molar-refractivity contribution in [3.8, 4) is 6.07 Å². The van der Waals surface area contributed by atoms with Crippen LogP contribution in [0.4, 0.5) is 0 Å². The molecule has 6 nitrogen and oxygen atoms in total. The van der Waals surface area contributed by atoms with Gasteiger partial charge in [0.05, 0.1) is 17.7 Å². The Balaban J connectivity index is 1.59. The van der Waals surface area contributed by atoms with Gasteiger partial charge in [-0.25, -0.2) is 0 Å². The fourth-order valence-electron chi connectivity index (χ4n) is 3.74. The molecule has 0 aromatic heterocycles. The zero-order valence-electron chi connectivity index (χ0n) is 13.5. The van der Waals surface area contributed by atoms with Crippen molar-refractivity contribution in [3.05, 3.63) is 35.4 Å². The number of hydrogen-bond donors (Lipinski definition) is 1. The number of ether oxygens (including phenoxy) is 1. The third kappa shape index (κ3) is 3.13. The van der Waals surface area contributed by atoms with E-state index in [-0.39, 0.29) is 24.0 Å². The highest BCUT2D eigenvalue weighted by Gasteiger charge is 2.49. The molecular weight excluding hydrogens is 306 g/mol. The normalized spacial score (nSPS) is 21.8. The average Bonchev–Trinajstić information content (AvgIpc) is 2.60. The molecule has 3 rings (SSSR count). The van der Waals surface area contributed by atoms with Gasteiger partial charge in [0.15, 0.2) is 0 Å². The number of nitrogens with two attached hydrogens (primary N) is 1. The first-order chi connectivity index (χ1) is 11.5. The van der Waals surface area contributed by atoms with E-state index in [1.54, 1.807) is 24.3 Å². The van der Waals surface area contributed by atoms with Crippen molar-refractivity contribution >= 4 is 11.8 Å². The van der Waals surface area contributed by atoms with Crippen molar-refractivity contribution in [3.63, 3.8) is 0 Å². The molecule has 1 aliphatic heterocycles. The summed E-state index contributed by atoms with van der Waals surface area (Å²) >= 11 is 0. The molecule has 1 saturated heterocycles. The summed E-state index contributed by atoms with van der Waals surface area (Å²) in [6.45, 7) is 1.31. The monoisotopic (exact) mass is 327 g/mol. The van der Waals surface area contributed by atoms with Crippen molar-refractivity contribution in [1.29, 1.82) is 5.26 Å². The molecular formula is C18H21N3O3. The number of nitrogens with zero attached hydrogens (tertiary/aromatic N) is 2. The molecule has 0 bridgehead atoms. The standard InChI is InChI=1S/C18H21N3O3/c19-11-13-2-1-3-14(10-13)17(23)21-8-6-18(7-9-21)5-4-15(18)24-12-16(20)22/h1-3,10,15H,4-9,12H2,(H2,20,22). The molecule has 1 aromatic carbocycles. The maximum Gasteiger partial charge on any atom is 0.253 e. The zero-order chi connectivity index (χ0) is 17.2. The summed E-state index contributed by atoms with van der Waals surface area (Å²) in [7, 11) is 0. The first kappa shape index (κ1) is 16.5. The van der Waals surface area contributed by atoms with E-state index in [0.717, 1.165) is 25.7 Å². The highest BCUT2D eigenvalue weighted by atomic mass is 16.5. The van der Waals surface area contributed by atoms with Gasteiger partial charge in [0.1, 0.15) is 6.61 Å². The summed E-state index contributed by atoms with van der Waals surface area (Å²) in [5.74, 6) is -0.474. The van der Waals surface area contributed by atoms with Crippen LogP contribution < -0.4 is 5.73 Å². The first-order valence-electron chi connectivity index (χ1n) is 8.23. The van der Waals surface area contributed by atoms with Gasteiger partial charge >= 0.3 is 0 Å². The second-order valence-electron chi connectivity index (χ2n) is 6.65. The minimum atomic E-state index is -0.443. The van der Waals surface area contributed by atoms with Crippen molar-refractivity contribution in [2.75, 3.05) is 19.7 Å². The van der Waals surface area contributed by atoms with Crippen molar-refractivity contribution in [2.24, 2.45) is 11.1 Å². The van der Waals surface area contributed by atoms with Gasteiger partial charge in [-0.1, -0.05) is 6.07 Å².